The normalized spacial score (nSPS) is 11.6. The molecule has 0 N–H and O–H groups in total. The van der Waals surface area contributed by atoms with Gasteiger partial charge in [-0.15, -0.1) is 0 Å². The van der Waals surface area contributed by atoms with Crippen LogP contribution >= 0.6 is 0 Å². The first-order valence-corrected chi connectivity index (χ1v) is 17.1. The van der Waals surface area contributed by atoms with Gasteiger partial charge in [0, 0.05) is 16.7 Å². The Hall–Kier alpha value is -6.64. The number of benzene rings is 8. The lowest BCUT2D eigenvalue weighted by atomic mass is 9.87. The van der Waals surface area contributed by atoms with E-state index >= 15 is 0 Å². The molecular weight excluding hydrogens is 605 g/mol. The van der Waals surface area contributed by atoms with E-state index in [4.69, 9.17) is 9.97 Å². The third-order valence-corrected chi connectivity index (χ3v) is 10.0. The lowest BCUT2D eigenvalue weighted by Crippen LogP contribution is -1.95. The molecular formula is C48H30N2. The van der Waals surface area contributed by atoms with E-state index in [0.29, 0.717) is 0 Å². The van der Waals surface area contributed by atoms with Crippen LogP contribution in [0.2, 0.25) is 0 Å². The summed E-state index contributed by atoms with van der Waals surface area (Å²) >= 11 is 0. The first kappa shape index (κ1) is 28.4. The van der Waals surface area contributed by atoms with E-state index < -0.39 is 0 Å². The molecule has 2 heteroatoms. The van der Waals surface area contributed by atoms with E-state index in [1.807, 2.05) is 24.3 Å². The van der Waals surface area contributed by atoms with Crippen LogP contribution in [0.3, 0.4) is 0 Å². The number of hydrogen-bond acceptors (Lipinski definition) is 2. The maximum Gasteiger partial charge on any atom is 0.160 e. The highest BCUT2D eigenvalue weighted by atomic mass is 14.9. The molecule has 0 saturated heterocycles. The van der Waals surface area contributed by atoms with Gasteiger partial charge < -0.3 is 0 Å². The number of rotatable bonds is 4. The van der Waals surface area contributed by atoms with Gasteiger partial charge in [-0.05, 0) is 77.1 Å². The lowest BCUT2D eigenvalue weighted by molar-refractivity contribution is 1.18. The van der Waals surface area contributed by atoms with E-state index in [9.17, 15) is 0 Å². The molecule has 0 aliphatic rings. The van der Waals surface area contributed by atoms with E-state index in [0.717, 1.165) is 33.9 Å². The summed E-state index contributed by atoms with van der Waals surface area (Å²) < 4.78 is 0. The number of hydrogen-bond donors (Lipinski definition) is 0. The van der Waals surface area contributed by atoms with Crippen molar-refractivity contribution in [2.75, 3.05) is 0 Å². The van der Waals surface area contributed by atoms with Gasteiger partial charge in [0.05, 0.1) is 11.4 Å². The summed E-state index contributed by atoms with van der Waals surface area (Å²) in [5.74, 6) is 0.721. The topological polar surface area (TPSA) is 25.8 Å². The average Bonchev–Trinajstić information content (AvgIpc) is 3.20. The molecule has 1 heterocycles. The second-order valence-electron chi connectivity index (χ2n) is 12.9. The highest BCUT2D eigenvalue weighted by Crippen LogP contribution is 2.43. The monoisotopic (exact) mass is 634 g/mol. The Bertz CT molecular complexity index is 2840. The predicted octanol–water partition coefficient (Wildman–Crippen LogP) is 12.9. The van der Waals surface area contributed by atoms with Crippen molar-refractivity contribution in [1.29, 1.82) is 0 Å². The molecule has 10 rings (SSSR count). The minimum Gasteiger partial charge on any atom is -0.228 e. The average molecular weight is 635 g/mol. The largest absolute Gasteiger partial charge is 0.228 e. The van der Waals surface area contributed by atoms with Crippen LogP contribution in [0.1, 0.15) is 0 Å². The van der Waals surface area contributed by atoms with Crippen molar-refractivity contribution in [1.82, 2.24) is 9.97 Å². The summed E-state index contributed by atoms with van der Waals surface area (Å²) in [6.07, 6.45) is 0. The van der Waals surface area contributed by atoms with Crippen molar-refractivity contribution in [3.8, 4) is 45.0 Å². The van der Waals surface area contributed by atoms with Crippen LogP contribution in [0, 0.1) is 0 Å². The Balaban J connectivity index is 1.20. The summed E-state index contributed by atoms with van der Waals surface area (Å²) in [6, 6.07) is 65.2. The highest BCUT2D eigenvalue weighted by molar-refractivity contribution is 6.34. The zero-order chi connectivity index (χ0) is 33.0. The Labute approximate surface area is 290 Å². The molecule has 0 unspecified atom stereocenters. The molecule has 10 aromatic rings. The maximum atomic E-state index is 5.07. The van der Waals surface area contributed by atoms with Crippen LogP contribution in [0.4, 0.5) is 0 Å². The smallest absolute Gasteiger partial charge is 0.160 e. The van der Waals surface area contributed by atoms with Crippen molar-refractivity contribution in [2.24, 2.45) is 0 Å². The second kappa shape index (κ2) is 11.5. The van der Waals surface area contributed by atoms with Gasteiger partial charge in [-0.1, -0.05) is 170 Å². The van der Waals surface area contributed by atoms with Crippen molar-refractivity contribution >= 4 is 53.9 Å². The molecule has 0 bridgehead atoms. The van der Waals surface area contributed by atoms with Crippen LogP contribution < -0.4 is 0 Å². The van der Waals surface area contributed by atoms with E-state index in [-0.39, 0.29) is 0 Å². The molecule has 0 amide bonds. The van der Waals surface area contributed by atoms with Gasteiger partial charge in [0.15, 0.2) is 5.82 Å². The molecule has 0 aliphatic heterocycles. The van der Waals surface area contributed by atoms with Crippen LogP contribution in [0.5, 0.6) is 0 Å². The SMILES string of the molecule is c1ccc(-c2cc(-c3ccc(-c4cc5cccc6c7ccccc7c7ccccc7c7cccc4c7c56)cc3)nc(-c3ccccc3)n2)cc1. The molecule has 0 radical (unpaired) electrons. The fourth-order valence-electron chi connectivity index (χ4n) is 7.73. The van der Waals surface area contributed by atoms with E-state index in [1.54, 1.807) is 0 Å². The van der Waals surface area contributed by atoms with Crippen molar-refractivity contribution in [2.45, 2.75) is 0 Å². The predicted molar refractivity (Wildman–Crippen MR) is 211 cm³/mol. The molecule has 232 valence electrons. The van der Waals surface area contributed by atoms with Gasteiger partial charge in [-0.25, -0.2) is 9.97 Å². The fourth-order valence-corrected chi connectivity index (χ4v) is 7.73. The molecule has 0 fully saturated rings. The van der Waals surface area contributed by atoms with Crippen LogP contribution in [-0.2, 0) is 0 Å². The number of fused-ring (bicyclic) bond motifs is 5. The van der Waals surface area contributed by atoms with Gasteiger partial charge in [0.25, 0.3) is 0 Å². The third kappa shape index (κ3) is 4.57. The first-order chi connectivity index (χ1) is 24.8. The van der Waals surface area contributed by atoms with Crippen molar-refractivity contribution in [3.63, 3.8) is 0 Å². The molecule has 9 aromatic carbocycles. The minimum absolute atomic E-state index is 0.721. The zero-order valence-electron chi connectivity index (χ0n) is 27.2. The van der Waals surface area contributed by atoms with Gasteiger partial charge >= 0.3 is 0 Å². The molecule has 0 atom stereocenters. The summed E-state index contributed by atoms with van der Waals surface area (Å²) in [5, 5.41) is 12.7. The summed E-state index contributed by atoms with van der Waals surface area (Å²) in [6.45, 7) is 0. The molecule has 50 heavy (non-hydrogen) atoms. The Morgan fingerprint density at radius 2 is 0.720 bits per heavy atom. The standard InChI is InChI=1S/C48H30N2/c1-3-13-32(14-4-1)44-30-45(50-48(49-44)34-15-5-2-6-16-34)33-27-25-31(26-28-33)43-29-35-17-11-22-40-38-20-9-7-18-36(38)37-19-8-10-21-39(37)41-23-12-24-42(43)47(41)46(35)40/h1-30H. The lowest BCUT2D eigenvalue weighted by Gasteiger charge is -2.17. The van der Waals surface area contributed by atoms with Gasteiger partial charge in [-0.2, -0.15) is 0 Å². The Morgan fingerprint density at radius 3 is 1.34 bits per heavy atom. The van der Waals surface area contributed by atoms with Crippen LogP contribution in [0.25, 0.3) is 98.9 Å². The summed E-state index contributed by atoms with van der Waals surface area (Å²) in [7, 11) is 0. The molecule has 2 nitrogen and oxygen atoms in total. The second-order valence-corrected chi connectivity index (χ2v) is 12.9. The molecule has 0 spiro atoms. The summed E-state index contributed by atoms with van der Waals surface area (Å²) in [5.41, 5.74) is 7.33. The third-order valence-electron chi connectivity index (χ3n) is 10.0. The Morgan fingerprint density at radius 1 is 0.280 bits per heavy atom. The quantitative estimate of drug-likeness (QED) is 0.180. The van der Waals surface area contributed by atoms with E-state index in [2.05, 4.69) is 158 Å². The van der Waals surface area contributed by atoms with Crippen molar-refractivity contribution in [3.05, 3.63) is 182 Å². The maximum absolute atomic E-state index is 5.07. The molecule has 0 aliphatic carbocycles. The Kier molecular flexibility index (Phi) is 6.53. The summed E-state index contributed by atoms with van der Waals surface area (Å²) in [4.78, 5) is 10.1. The number of nitrogens with zero attached hydrogens (tertiary/aromatic N) is 2. The highest BCUT2D eigenvalue weighted by Gasteiger charge is 2.16. The number of aromatic nitrogens is 2. The van der Waals surface area contributed by atoms with Crippen LogP contribution in [0.15, 0.2) is 182 Å². The fraction of sp³-hybridized carbons (Fsp3) is 0. The molecule has 1 aromatic heterocycles. The van der Waals surface area contributed by atoms with Gasteiger partial charge in [-0.3, -0.25) is 0 Å². The van der Waals surface area contributed by atoms with Gasteiger partial charge in [0.2, 0.25) is 0 Å². The van der Waals surface area contributed by atoms with Crippen molar-refractivity contribution < 1.29 is 0 Å². The van der Waals surface area contributed by atoms with Gasteiger partial charge in [0.1, 0.15) is 0 Å². The molecule has 0 saturated carbocycles. The first-order valence-electron chi connectivity index (χ1n) is 17.1. The van der Waals surface area contributed by atoms with Crippen LogP contribution in [-0.4, -0.2) is 9.97 Å². The zero-order valence-corrected chi connectivity index (χ0v) is 27.2. The van der Waals surface area contributed by atoms with E-state index in [1.165, 1.54) is 65.0 Å². The minimum atomic E-state index is 0.721.